The van der Waals surface area contributed by atoms with Crippen molar-refractivity contribution in [3.05, 3.63) is 118 Å². The minimum atomic E-state index is -2.07. The molecule has 3 aromatic carbocycles. The van der Waals surface area contributed by atoms with E-state index in [-0.39, 0.29) is 48.5 Å². The first kappa shape index (κ1) is 45.9. The highest BCUT2D eigenvalue weighted by molar-refractivity contribution is 7.51. The van der Waals surface area contributed by atoms with Crippen LogP contribution in [0.4, 0.5) is 5.95 Å². The van der Waals surface area contributed by atoms with E-state index in [1.807, 2.05) is 107 Å². The molecule has 1 saturated heterocycles. The molecule has 3 heterocycles. The number of hydrogen-bond acceptors (Lipinski definition) is 11. The molecule has 1 aliphatic rings. The van der Waals surface area contributed by atoms with Gasteiger partial charge in [0.15, 0.2) is 11.0 Å². The van der Waals surface area contributed by atoms with Gasteiger partial charge >= 0.3 is 0 Å². The molecule has 5 aromatic rings. The molecule has 2 aromatic heterocycles. The first-order valence-corrected chi connectivity index (χ1v) is 21.7. The lowest BCUT2D eigenvalue weighted by atomic mass is 9.64. The van der Waals surface area contributed by atoms with Crippen LogP contribution in [0.15, 0.2) is 94.8 Å². The van der Waals surface area contributed by atoms with Gasteiger partial charge in [-0.25, -0.2) is 4.99 Å². The molecule has 1 fully saturated rings. The van der Waals surface area contributed by atoms with Crippen molar-refractivity contribution in [3.8, 4) is 29.4 Å². The number of fused-ring (bicyclic) bond motifs is 1. The highest BCUT2D eigenvalue weighted by Crippen LogP contribution is 2.64. The lowest BCUT2D eigenvalue weighted by molar-refractivity contribution is -0.108. The van der Waals surface area contributed by atoms with Gasteiger partial charge in [0, 0.05) is 38.8 Å². The fraction of sp³-hybridized carbons (Fsp3) is 0.404. The van der Waals surface area contributed by atoms with Gasteiger partial charge in [0.1, 0.15) is 38.2 Å². The zero-order valence-corrected chi connectivity index (χ0v) is 37.6. The summed E-state index contributed by atoms with van der Waals surface area (Å²) in [7, 11) is 4.73. The Morgan fingerprint density at radius 3 is 2.11 bits per heavy atom. The maximum absolute atomic E-state index is 13.9. The van der Waals surface area contributed by atoms with Crippen LogP contribution < -0.4 is 15.0 Å². The summed E-state index contributed by atoms with van der Waals surface area (Å²) in [6, 6.07) is 26.5. The van der Waals surface area contributed by atoms with E-state index in [1.54, 1.807) is 50.9 Å². The first-order chi connectivity index (χ1) is 29.7. The molecule has 0 radical (unpaired) electrons. The van der Waals surface area contributed by atoms with Gasteiger partial charge in [0.2, 0.25) is 5.95 Å². The number of H-pyrrole nitrogens is 1. The summed E-state index contributed by atoms with van der Waals surface area (Å²) in [6.45, 7) is 9.80. The van der Waals surface area contributed by atoms with Crippen LogP contribution in [-0.4, -0.2) is 105 Å². The molecule has 0 amide bonds. The Morgan fingerprint density at radius 1 is 1.02 bits per heavy atom. The lowest BCUT2D eigenvalue weighted by Crippen LogP contribution is -2.57. The highest BCUT2D eigenvalue weighted by Gasteiger charge is 2.63. The highest BCUT2D eigenvalue weighted by atomic mass is 31.2. The van der Waals surface area contributed by atoms with Crippen LogP contribution >= 0.6 is 8.30 Å². The maximum atomic E-state index is 13.9. The number of nitrogens with zero attached hydrogens (tertiary/aromatic N) is 6. The molecule has 14 nitrogen and oxygen atoms in total. The number of nitriles is 1. The Bertz CT molecular complexity index is 2430. The number of aliphatic imine (C=N–C) groups is 1. The average molecular weight is 862 g/mol. The number of benzene rings is 3. The Hall–Kier alpha value is -5.57. The standard InChI is InChI=1S/C47H56N7O7P/c1-10-15-33-29-53(43-40(33)44(56)51-45(50-43)49-30-52(6)7)39-28-46(57,62(60-27-14-26-48)54(31(2)3)32(4)5)42(61-39)41(55)47(34-16-12-11-13-17-34,35-18-22-37(58-8)23-19-35)36-20-24-38(59-9)25-21-36/h11-13,16-25,29-32,39,41-42,55,57H,14,27-28H2,1-9H3,(H,50,51,56)/b49-30+/t39-,41?,42-,46-,62?/m1/s1. The summed E-state index contributed by atoms with van der Waals surface area (Å²) in [4.78, 5) is 27.4. The number of hydrogen-bond donors (Lipinski definition) is 3. The van der Waals surface area contributed by atoms with Crippen molar-refractivity contribution in [1.29, 1.82) is 5.26 Å². The van der Waals surface area contributed by atoms with Gasteiger partial charge < -0.3 is 38.4 Å². The molecule has 6 rings (SSSR count). The second kappa shape index (κ2) is 19.6. The SMILES string of the molecule is CC#Cc1cn([C@H]2C[C@@](O)(P(OCCC#N)N(C(C)C)C(C)C)[C@@H](C(O)C(c3ccccc3)(c3ccc(OC)cc3)c3ccc(OC)cc3)O2)c2nc(/N=C/N(C)C)[nH]c(=O)c12. The Kier molecular flexibility index (Phi) is 14.6. The van der Waals surface area contributed by atoms with Gasteiger partial charge in [-0.3, -0.25) is 14.4 Å². The van der Waals surface area contributed by atoms with Crippen LogP contribution in [-0.2, 0) is 14.7 Å². The van der Waals surface area contributed by atoms with E-state index in [9.17, 15) is 20.3 Å². The molecule has 326 valence electrons. The number of ether oxygens (including phenoxy) is 3. The third kappa shape index (κ3) is 8.86. The summed E-state index contributed by atoms with van der Waals surface area (Å²) < 4.78 is 28.8. The number of rotatable bonds is 17. The van der Waals surface area contributed by atoms with Gasteiger partial charge in [-0.05, 0) is 75.6 Å². The first-order valence-electron chi connectivity index (χ1n) is 20.5. The van der Waals surface area contributed by atoms with Crippen molar-refractivity contribution in [2.24, 2.45) is 4.99 Å². The van der Waals surface area contributed by atoms with Crippen molar-refractivity contribution < 1.29 is 28.9 Å². The monoisotopic (exact) mass is 861 g/mol. The summed E-state index contributed by atoms with van der Waals surface area (Å²) in [5.41, 5.74) is 0.904. The molecule has 0 bridgehead atoms. The van der Waals surface area contributed by atoms with Crippen LogP contribution in [0.1, 0.15) is 75.9 Å². The quantitative estimate of drug-likeness (QED) is 0.0218. The zero-order valence-electron chi connectivity index (χ0n) is 36.7. The summed E-state index contributed by atoms with van der Waals surface area (Å²) in [6.07, 6.45) is -0.723. The normalized spacial score (nSPS) is 18.9. The van der Waals surface area contributed by atoms with Gasteiger partial charge in [-0.2, -0.15) is 10.2 Å². The molecule has 62 heavy (non-hydrogen) atoms. The number of aromatic nitrogens is 3. The van der Waals surface area contributed by atoms with Crippen LogP contribution in [0.2, 0.25) is 0 Å². The number of aliphatic hydroxyl groups is 2. The van der Waals surface area contributed by atoms with Crippen molar-refractivity contribution in [2.45, 2.75) is 88.7 Å². The van der Waals surface area contributed by atoms with Crippen LogP contribution in [0, 0.1) is 23.2 Å². The predicted molar refractivity (Wildman–Crippen MR) is 242 cm³/mol. The summed E-state index contributed by atoms with van der Waals surface area (Å²) in [5.74, 6) is 7.25. The number of aliphatic hydroxyl groups excluding tert-OH is 1. The van der Waals surface area contributed by atoms with Gasteiger partial charge in [0.25, 0.3) is 5.56 Å². The van der Waals surface area contributed by atoms with E-state index >= 15 is 0 Å². The molecule has 0 aliphatic carbocycles. The smallest absolute Gasteiger partial charge is 0.263 e. The van der Waals surface area contributed by atoms with Gasteiger partial charge in [-0.1, -0.05) is 60.5 Å². The maximum Gasteiger partial charge on any atom is 0.263 e. The third-order valence-electron chi connectivity index (χ3n) is 11.0. The Labute approximate surface area is 364 Å². The van der Waals surface area contributed by atoms with Gasteiger partial charge in [0.05, 0.1) is 56.0 Å². The number of nitrogens with one attached hydrogen (secondary N) is 1. The molecule has 0 spiro atoms. The summed E-state index contributed by atoms with van der Waals surface area (Å²) in [5, 5.41) is 35.6. The van der Waals surface area contributed by atoms with E-state index in [1.165, 1.54) is 6.34 Å². The molecular formula is C47H56N7O7P. The molecule has 1 aliphatic heterocycles. The second-order valence-electron chi connectivity index (χ2n) is 15.9. The molecule has 5 atom stereocenters. The van der Waals surface area contributed by atoms with Crippen LogP contribution in [0.3, 0.4) is 0 Å². The van der Waals surface area contributed by atoms with E-state index in [0.717, 1.165) is 5.56 Å². The Balaban J connectivity index is 1.68. The van der Waals surface area contributed by atoms with Gasteiger partial charge in [-0.15, -0.1) is 5.92 Å². The van der Waals surface area contributed by atoms with Crippen molar-refractivity contribution >= 4 is 31.6 Å². The van der Waals surface area contributed by atoms with Crippen molar-refractivity contribution in [2.75, 3.05) is 34.9 Å². The molecule has 15 heteroatoms. The minimum Gasteiger partial charge on any atom is -0.497 e. The summed E-state index contributed by atoms with van der Waals surface area (Å²) >= 11 is 0. The predicted octanol–water partition coefficient (Wildman–Crippen LogP) is 7.07. The molecule has 2 unspecified atom stereocenters. The zero-order chi connectivity index (χ0) is 44.8. The number of methoxy groups -OCH3 is 2. The molecule has 0 saturated carbocycles. The fourth-order valence-corrected chi connectivity index (χ4v) is 11.0. The molecule has 3 N–H and O–H groups in total. The van der Waals surface area contributed by atoms with E-state index < -0.39 is 43.1 Å². The third-order valence-corrected chi connectivity index (χ3v) is 13.8. The van der Waals surface area contributed by atoms with E-state index in [4.69, 9.17) is 23.7 Å². The second-order valence-corrected chi connectivity index (χ2v) is 17.9. The van der Waals surface area contributed by atoms with Crippen LogP contribution in [0.25, 0.3) is 11.0 Å². The topological polar surface area (TPSA) is 171 Å². The number of aromatic amines is 1. The Morgan fingerprint density at radius 2 is 1.60 bits per heavy atom. The fourth-order valence-electron chi connectivity index (χ4n) is 8.42. The largest absolute Gasteiger partial charge is 0.497 e. The minimum absolute atomic E-state index is 0.0293. The van der Waals surface area contributed by atoms with Crippen molar-refractivity contribution in [1.82, 2.24) is 24.1 Å². The van der Waals surface area contributed by atoms with E-state index in [2.05, 4.69) is 32.6 Å². The van der Waals surface area contributed by atoms with Crippen molar-refractivity contribution in [3.63, 3.8) is 0 Å². The van der Waals surface area contributed by atoms with Crippen LogP contribution in [0.5, 0.6) is 11.5 Å². The average Bonchev–Trinajstić information content (AvgIpc) is 3.81. The van der Waals surface area contributed by atoms with E-state index in [0.29, 0.717) is 28.2 Å². The molecular weight excluding hydrogens is 806 g/mol. The lowest BCUT2D eigenvalue weighted by Gasteiger charge is -2.49.